The van der Waals surface area contributed by atoms with Gasteiger partial charge in [-0.25, -0.2) is 4.98 Å². The van der Waals surface area contributed by atoms with Crippen LogP contribution >= 0.6 is 0 Å². The Labute approximate surface area is 74.8 Å². The van der Waals surface area contributed by atoms with Gasteiger partial charge in [0.1, 0.15) is 6.26 Å². The number of nitrogens with zero attached hydrogens (tertiary/aromatic N) is 1. The minimum atomic E-state index is -4.39. The van der Waals surface area contributed by atoms with Crippen LogP contribution in [0, 0.1) is 0 Å². The summed E-state index contributed by atoms with van der Waals surface area (Å²) in [4.78, 5) is 3.21. The molecule has 0 radical (unpaired) electrons. The van der Waals surface area contributed by atoms with Gasteiger partial charge in [0.05, 0.1) is 0 Å². The minimum Gasteiger partial charge on any atom is -0.448 e. The number of rotatable bonds is 1. The van der Waals surface area contributed by atoms with Crippen LogP contribution in [0.5, 0.6) is 0 Å². The van der Waals surface area contributed by atoms with Gasteiger partial charge in [0.2, 0.25) is 0 Å². The molecule has 0 aliphatic heterocycles. The van der Waals surface area contributed by atoms with Gasteiger partial charge in [-0.3, -0.25) is 0 Å². The number of alkyl halides is 3. The third kappa shape index (κ3) is 3.48. The lowest BCUT2D eigenvalue weighted by Gasteiger charge is -1.97. The largest absolute Gasteiger partial charge is 0.448 e. The van der Waals surface area contributed by atoms with Crippen molar-refractivity contribution in [2.75, 3.05) is 0 Å². The fourth-order valence-corrected chi connectivity index (χ4v) is 0.603. The van der Waals surface area contributed by atoms with Crippen molar-refractivity contribution in [2.45, 2.75) is 33.4 Å². The lowest BCUT2D eigenvalue weighted by atomic mass is 10.4. The van der Waals surface area contributed by atoms with E-state index in [1.807, 2.05) is 13.8 Å². The van der Waals surface area contributed by atoms with Gasteiger partial charge in [-0.15, -0.1) is 0 Å². The average Bonchev–Trinajstić information content (AvgIpc) is 2.54. The van der Waals surface area contributed by atoms with Crippen molar-refractivity contribution in [1.29, 1.82) is 0 Å². The van der Waals surface area contributed by atoms with Crippen LogP contribution < -0.4 is 0 Å². The molecular weight excluding hydrogens is 183 g/mol. The van der Waals surface area contributed by atoms with Crippen LogP contribution in [0.3, 0.4) is 0 Å². The van der Waals surface area contributed by atoms with Crippen molar-refractivity contribution in [3.8, 4) is 0 Å². The first-order valence-corrected chi connectivity index (χ1v) is 4.05. The van der Waals surface area contributed by atoms with Gasteiger partial charge in [-0.1, -0.05) is 20.8 Å². The zero-order chi connectivity index (χ0) is 10.5. The fourth-order valence-electron chi connectivity index (χ4n) is 0.603. The third-order valence-electron chi connectivity index (χ3n) is 1.14. The number of aryl methyl sites for hydroxylation is 1. The van der Waals surface area contributed by atoms with Gasteiger partial charge in [0.15, 0.2) is 11.6 Å². The van der Waals surface area contributed by atoms with Gasteiger partial charge in [0.25, 0.3) is 0 Å². The summed E-state index contributed by atoms with van der Waals surface area (Å²) in [6, 6.07) is 0. The van der Waals surface area contributed by atoms with Crippen molar-refractivity contribution in [3.63, 3.8) is 0 Å². The molecule has 1 rings (SSSR count). The van der Waals surface area contributed by atoms with E-state index in [1.54, 1.807) is 6.92 Å². The number of halogens is 3. The maximum atomic E-state index is 11.8. The zero-order valence-corrected chi connectivity index (χ0v) is 7.77. The molecule has 0 fully saturated rings. The molecule has 0 saturated heterocycles. The predicted molar refractivity (Wildman–Crippen MR) is 42.2 cm³/mol. The highest BCUT2D eigenvalue weighted by Crippen LogP contribution is 2.28. The van der Waals surface area contributed by atoms with Crippen molar-refractivity contribution >= 4 is 0 Å². The van der Waals surface area contributed by atoms with Crippen LogP contribution in [0.25, 0.3) is 0 Å². The summed E-state index contributed by atoms with van der Waals surface area (Å²) in [5.74, 6) is 0.109. The monoisotopic (exact) mass is 195 g/mol. The van der Waals surface area contributed by atoms with Crippen LogP contribution in [0.2, 0.25) is 0 Å². The Kier molecular flexibility index (Phi) is 4.51. The fraction of sp³-hybridized carbons (Fsp3) is 0.625. The number of oxazole rings is 1. The Hall–Kier alpha value is -1.00. The molecule has 1 aromatic heterocycles. The van der Waals surface area contributed by atoms with Crippen LogP contribution in [0.1, 0.15) is 32.4 Å². The predicted octanol–water partition coefficient (Wildman–Crippen LogP) is 3.28. The summed E-state index contributed by atoms with van der Waals surface area (Å²) in [5.41, 5.74) is -0.964. The highest BCUT2D eigenvalue weighted by atomic mass is 19.4. The molecule has 1 heterocycles. The molecule has 0 aromatic carbocycles. The van der Waals surface area contributed by atoms with Crippen molar-refractivity contribution < 1.29 is 17.6 Å². The first-order valence-electron chi connectivity index (χ1n) is 4.05. The van der Waals surface area contributed by atoms with E-state index in [4.69, 9.17) is 0 Å². The van der Waals surface area contributed by atoms with Crippen LogP contribution in [0.15, 0.2) is 10.7 Å². The lowest BCUT2D eigenvalue weighted by Crippen LogP contribution is -2.05. The van der Waals surface area contributed by atoms with E-state index in [2.05, 4.69) is 9.40 Å². The summed E-state index contributed by atoms with van der Waals surface area (Å²) in [7, 11) is 0. The maximum Gasteiger partial charge on any atom is 0.436 e. The normalized spacial score (nSPS) is 10.6. The van der Waals surface area contributed by atoms with Crippen LogP contribution in [-0.2, 0) is 12.6 Å². The molecule has 13 heavy (non-hydrogen) atoms. The van der Waals surface area contributed by atoms with E-state index >= 15 is 0 Å². The molecule has 0 bridgehead atoms. The van der Waals surface area contributed by atoms with Crippen molar-refractivity contribution in [2.24, 2.45) is 0 Å². The van der Waals surface area contributed by atoms with Gasteiger partial charge in [-0.2, -0.15) is 13.2 Å². The average molecular weight is 195 g/mol. The second-order valence-electron chi connectivity index (χ2n) is 1.98. The number of hydrogen-bond acceptors (Lipinski definition) is 2. The molecule has 0 aliphatic carbocycles. The van der Waals surface area contributed by atoms with E-state index in [1.165, 1.54) is 0 Å². The Morgan fingerprint density at radius 2 is 1.92 bits per heavy atom. The van der Waals surface area contributed by atoms with E-state index in [9.17, 15) is 13.2 Å². The minimum absolute atomic E-state index is 0.109. The molecule has 0 spiro atoms. The van der Waals surface area contributed by atoms with Gasteiger partial charge >= 0.3 is 6.18 Å². The van der Waals surface area contributed by atoms with Gasteiger partial charge in [0, 0.05) is 6.42 Å². The molecule has 5 heteroatoms. The molecule has 0 aliphatic rings. The van der Waals surface area contributed by atoms with E-state index < -0.39 is 11.9 Å². The molecular formula is C8H12F3NO. The summed E-state index contributed by atoms with van der Waals surface area (Å²) >= 11 is 0. The Morgan fingerprint density at radius 3 is 2.15 bits per heavy atom. The molecule has 1 aromatic rings. The molecule has 0 atom stereocenters. The van der Waals surface area contributed by atoms with Gasteiger partial charge < -0.3 is 4.42 Å². The third-order valence-corrected chi connectivity index (χ3v) is 1.14. The van der Waals surface area contributed by atoms with Crippen LogP contribution in [0.4, 0.5) is 13.2 Å². The summed E-state index contributed by atoms with van der Waals surface area (Å²) in [6.45, 7) is 5.67. The summed E-state index contributed by atoms with van der Waals surface area (Å²) in [6.07, 6.45) is -3.40. The van der Waals surface area contributed by atoms with E-state index in [0.29, 0.717) is 12.7 Å². The number of hydrogen-bond donors (Lipinski definition) is 0. The quantitative estimate of drug-likeness (QED) is 0.687. The first-order chi connectivity index (χ1) is 6.04. The molecule has 2 nitrogen and oxygen atoms in total. The first kappa shape index (κ1) is 12.0. The zero-order valence-electron chi connectivity index (χ0n) is 7.77. The van der Waals surface area contributed by atoms with E-state index in [-0.39, 0.29) is 5.89 Å². The topological polar surface area (TPSA) is 26.0 Å². The van der Waals surface area contributed by atoms with E-state index in [0.717, 1.165) is 0 Å². The second kappa shape index (κ2) is 4.89. The van der Waals surface area contributed by atoms with Crippen molar-refractivity contribution in [1.82, 2.24) is 4.98 Å². The molecule has 0 N–H and O–H groups in total. The van der Waals surface area contributed by atoms with Crippen LogP contribution in [-0.4, -0.2) is 4.98 Å². The molecule has 0 amide bonds. The Morgan fingerprint density at radius 1 is 1.38 bits per heavy atom. The summed E-state index contributed by atoms with van der Waals surface area (Å²) < 4.78 is 40.0. The smallest absolute Gasteiger partial charge is 0.436 e. The second-order valence-corrected chi connectivity index (χ2v) is 1.98. The van der Waals surface area contributed by atoms with Crippen molar-refractivity contribution in [3.05, 3.63) is 17.8 Å². The molecule has 76 valence electrons. The molecule has 0 saturated carbocycles. The highest BCUT2D eigenvalue weighted by molar-refractivity contribution is 5.00. The molecule has 0 unspecified atom stereocenters. The lowest BCUT2D eigenvalue weighted by molar-refractivity contribution is -0.141. The summed E-state index contributed by atoms with van der Waals surface area (Å²) in [5, 5.41) is 0. The van der Waals surface area contributed by atoms with Gasteiger partial charge in [-0.05, 0) is 0 Å². The number of aromatic nitrogens is 1. The SMILES string of the molecule is CC.CCc1nc(C(F)(F)F)co1. The maximum absolute atomic E-state index is 11.8. The Balaban J connectivity index is 0.000000671. The standard InChI is InChI=1S/C6H6F3NO.C2H6/c1-2-5-10-4(3-11-5)6(7,8)9;1-2/h3H,2H2,1H3;1-2H3. The Bertz CT molecular complexity index is 242. The highest BCUT2D eigenvalue weighted by Gasteiger charge is 2.34.